The van der Waals surface area contributed by atoms with Crippen LogP contribution >= 0.6 is 31.9 Å². The topological polar surface area (TPSA) is 6.48 Å². The third-order valence-corrected chi connectivity index (χ3v) is 19.4. The molecule has 0 saturated heterocycles. The zero-order valence-electron chi connectivity index (χ0n) is 53.9. The summed E-state index contributed by atoms with van der Waals surface area (Å²) in [6.07, 6.45) is 24.8. The van der Waals surface area contributed by atoms with E-state index in [2.05, 4.69) is 320 Å². The SMILES string of the molecule is CCCCCCc1cc(-c2ccc(N(c3ccc(-c4ccc(Br)cc4)cc3)c3ccc(-c4ccc(CCC)cc4)cc3)cc2C)c(CCCCCC)cc1-c1ccc(N(c2ccc(C3=CCC(CCC)C=C3)cc2)c2ccc(-c3ccc(Br)cc3)cc2)cc1C. The molecule has 0 heterocycles. The number of benzene rings is 10. The molecule has 0 aromatic heterocycles. The minimum atomic E-state index is 0.640. The van der Waals surface area contributed by atoms with Crippen LogP contribution in [0, 0.1) is 19.8 Å². The summed E-state index contributed by atoms with van der Waals surface area (Å²) in [5.41, 5.74) is 28.9. The highest BCUT2D eigenvalue weighted by molar-refractivity contribution is 9.10. The van der Waals surface area contributed by atoms with Gasteiger partial charge in [0, 0.05) is 43.1 Å². The number of rotatable bonds is 26. The van der Waals surface area contributed by atoms with Crippen molar-refractivity contribution >= 4 is 71.6 Å². The van der Waals surface area contributed by atoms with E-state index in [0.717, 1.165) is 88.0 Å². The fourth-order valence-corrected chi connectivity index (χ4v) is 13.8. The van der Waals surface area contributed by atoms with Gasteiger partial charge in [-0.25, -0.2) is 0 Å². The number of aryl methyl sites for hydroxylation is 5. The first kappa shape index (κ1) is 63.8. The normalized spacial score (nSPS) is 12.9. The second-order valence-corrected chi connectivity index (χ2v) is 26.7. The molecule has 1 aliphatic rings. The second-order valence-electron chi connectivity index (χ2n) is 24.9. The highest BCUT2D eigenvalue weighted by Gasteiger charge is 2.22. The van der Waals surface area contributed by atoms with Crippen molar-refractivity contribution in [3.63, 3.8) is 0 Å². The minimum Gasteiger partial charge on any atom is -0.310 e. The molecule has 11 rings (SSSR count). The first-order valence-corrected chi connectivity index (χ1v) is 35.0. The van der Waals surface area contributed by atoms with E-state index in [-0.39, 0.29) is 0 Å². The number of unbranched alkanes of at least 4 members (excludes halogenated alkanes) is 6. The van der Waals surface area contributed by atoms with Crippen LogP contribution in [0.5, 0.6) is 0 Å². The van der Waals surface area contributed by atoms with E-state index in [0.29, 0.717) is 5.92 Å². The van der Waals surface area contributed by atoms with Gasteiger partial charge in [-0.05, 0) is 256 Å². The Morgan fingerprint density at radius 1 is 0.344 bits per heavy atom. The van der Waals surface area contributed by atoms with Crippen LogP contribution in [0.2, 0.25) is 0 Å². The summed E-state index contributed by atoms with van der Waals surface area (Å²) in [5.74, 6) is 0.640. The Bertz CT molecular complexity index is 4020. The fourth-order valence-electron chi connectivity index (χ4n) is 13.3. The van der Waals surface area contributed by atoms with Gasteiger partial charge < -0.3 is 9.80 Å². The second kappa shape index (κ2) is 30.8. The minimum absolute atomic E-state index is 0.640. The predicted molar refractivity (Wildman–Crippen MR) is 398 cm³/mol. The monoisotopic (exact) mass is 1310 g/mol. The summed E-state index contributed by atoms with van der Waals surface area (Å²) in [6, 6.07) is 82.6. The lowest BCUT2D eigenvalue weighted by Crippen LogP contribution is -2.10. The van der Waals surface area contributed by atoms with Gasteiger partial charge >= 0.3 is 0 Å². The number of anilines is 6. The van der Waals surface area contributed by atoms with Gasteiger partial charge in [0.05, 0.1) is 0 Å². The molecule has 0 amide bonds. The molecule has 0 saturated carbocycles. The zero-order valence-corrected chi connectivity index (χ0v) is 57.0. The fraction of sp³-hybridized carbons (Fsp3) is 0.256. The van der Waals surface area contributed by atoms with Crippen LogP contribution in [0.15, 0.2) is 246 Å². The largest absolute Gasteiger partial charge is 0.310 e. The lowest BCUT2D eigenvalue weighted by Gasteiger charge is -2.28. The van der Waals surface area contributed by atoms with E-state index in [1.54, 1.807) is 0 Å². The van der Waals surface area contributed by atoms with Gasteiger partial charge in [-0.3, -0.25) is 0 Å². The van der Waals surface area contributed by atoms with Crippen molar-refractivity contribution in [2.24, 2.45) is 5.92 Å². The van der Waals surface area contributed by atoms with Gasteiger partial charge in [0.2, 0.25) is 0 Å². The Kier molecular flexibility index (Phi) is 21.9. The van der Waals surface area contributed by atoms with Gasteiger partial charge in [0.25, 0.3) is 0 Å². The van der Waals surface area contributed by atoms with E-state index in [9.17, 15) is 0 Å². The first-order valence-electron chi connectivity index (χ1n) is 33.5. The van der Waals surface area contributed by atoms with Gasteiger partial charge in [-0.1, -0.05) is 250 Å². The number of hydrogen-bond acceptors (Lipinski definition) is 2. The molecule has 0 spiro atoms. The predicted octanol–water partition coefficient (Wildman–Crippen LogP) is 27.1. The van der Waals surface area contributed by atoms with Crippen LogP contribution in [0.25, 0.3) is 61.2 Å². The number of halogens is 2. The van der Waals surface area contributed by atoms with E-state index in [1.165, 1.54) is 146 Å². The summed E-state index contributed by atoms with van der Waals surface area (Å²) in [6.45, 7) is 13.8. The average molecular weight is 1310 g/mol. The molecule has 2 nitrogen and oxygen atoms in total. The van der Waals surface area contributed by atoms with Crippen molar-refractivity contribution in [1.29, 1.82) is 0 Å². The van der Waals surface area contributed by atoms with Crippen molar-refractivity contribution in [2.75, 3.05) is 9.80 Å². The molecule has 10 aromatic carbocycles. The van der Waals surface area contributed by atoms with E-state index < -0.39 is 0 Å². The molecule has 0 aliphatic heterocycles. The Labute approximate surface area is 555 Å². The number of allylic oxidation sites excluding steroid dienone is 4. The number of nitrogens with zero attached hydrogens (tertiary/aromatic N) is 2. The highest BCUT2D eigenvalue weighted by Crippen LogP contribution is 2.44. The van der Waals surface area contributed by atoms with Crippen molar-refractivity contribution in [1.82, 2.24) is 0 Å². The van der Waals surface area contributed by atoms with Gasteiger partial charge in [0.1, 0.15) is 0 Å². The van der Waals surface area contributed by atoms with Crippen LogP contribution in [0.3, 0.4) is 0 Å². The van der Waals surface area contributed by atoms with Crippen molar-refractivity contribution in [3.05, 3.63) is 279 Å². The van der Waals surface area contributed by atoms with E-state index in [1.807, 2.05) is 0 Å². The Morgan fingerprint density at radius 3 is 1.06 bits per heavy atom. The van der Waals surface area contributed by atoms with Gasteiger partial charge in [-0.15, -0.1) is 0 Å². The van der Waals surface area contributed by atoms with Crippen LogP contribution in [0.4, 0.5) is 34.1 Å². The lowest BCUT2D eigenvalue weighted by molar-refractivity contribution is 0.585. The van der Waals surface area contributed by atoms with Crippen molar-refractivity contribution in [3.8, 4) is 55.6 Å². The van der Waals surface area contributed by atoms with Crippen molar-refractivity contribution in [2.45, 2.75) is 138 Å². The maximum atomic E-state index is 3.64. The third-order valence-electron chi connectivity index (χ3n) is 18.3. The van der Waals surface area contributed by atoms with Crippen LogP contribution < -0.4 is 9.80 Å². The van der Waals surface area contributed by atoms with Crippen LogP contribution in [-0.2, 0) is 19.3 Å². The van der Waals surface area contributed by atoms with Gasteiger partial charge in [-0.2, -0.15) is 0 Å². The number of hydrogen-bond donors (Lipinski definition) is 0. The standard InChI is InChI=1S/C86H88Br2N2/c1-7-11-13-15-19-73-59-86(84-56-54-82(58-62(84)6)90(80-51-39-72(40-52-80)68-31-43-76(88)44-32-68)78-47-35-70(36-48-78)66-27-23-64(18-10-4)24-28-66)74(20-16-14-12-8-2)60-85(73)83-55-53-81(57-61(83)5)89(79-49-37-71(38-50-79)67-29-41-75(87)42-30-67)77-45-33-69(34-46-77)65-25-21-63(17-9-3)22-26-65/h21-23,25-60,64H,7-20,24H2,1-6H3. The Hall–Kier alpha value is -7.76. The maximum absolute atomic E-state index is 3.64. The lowest BCUT2D eigenvalue weighted by atomic mass is 9.84. The average Bonchev–Trinajstić information content (AvgIpc) is 0.855. The molecule has 0 bridgehead atoms. The molecular formula is C86H88Br2N2. The van der Waals surface area contributed by atoms with Crippen LogP contribution in [0.1, 0.15) is 138 Å². The molecule has 10 aromatic rings. The summed E-state index contributed by atoms with van der Waals surface area (Å²) in [7, 11) is 0. The summed E-state index contributed by atoms with van der Waals surface area (Å²) in [4.78, 5) is 4.87. The van der Waals surface area contributed by atoms with Crippen LogP contribution in [-0.4, -0.2) is 0 Å². The zero-order chi connectivity index (χ0) is 62.3. The third kappa shape index (κ3) is 15.5. The molecule has 1 atom stereocenters. The maximum Gasteiger partial charge on any atom is 0.0464 e. The highest BCUT2D eigenvalue weighted by atomic mass is 79.9. The molecule has 456 valence electrons. The molecule has 4 heteroatoms. The first-order chi connectivity index (χ1) is 44.1. The van der Waals surface area contributed by atoms with Crippen molar-refractivity contribution < 1.29 is 0 Å². The Morgan fingerprint density at radius 2 is 0.711 bits per heavy atom. The summed E-state index contributed by atoms with van der Waals surface area (Å²) < 4.78 is 2.17. The quantitative estimate of drug-likeness (QED) is 0.0499. The van der Waals surface area contributed by atoms with E-state index >= 15 is 0 Å². The molecule has 1 unspecified atom stereocenters. The molecule has 90 heavy (non-hydrogen) atoms. The molecule has 0 N–H and O–H groups in total. The van der Waals surface area contributed by atoms with E-state index in [4.69, 9.17) is 0 Å². The van der Waals surface area contributed by atoms with Gasteiger partial charge in [0.15, 0.2) is 0 Å². The Balaban J connectivity index is 0.972. The summed E-state index contributed by atoms with van der Waals surface area (Å²) in [5, 5.41) is 0. The molecule has 0 fully saturated rings. The molecule has 1 aliphatic carbocycles. The summed E-state index contributed by atoms with van der Waals surface area (Å²) >= 11 is 7.28. The molecule has 0 radical (unpaired) electrons. The smallest absolute Gasteiger partial charge is 0.0464 e. The molecular weight excluding hydrogens is 1220 g/mol.